The van der Waals surface area contributed by atoms with E-state index in [0.29, 0.717) is 43.4 Å². The molecule has 10 heteroatoms. The number of alkyl halides is 3. The van der Waals surface area contributed by atoms with Crippen LogP contribution in [0.25, 0.3) is 0 Å². The van der Waals surface area contributed by atoms with Crippen molar-refractivity contribution in [3.05, 3.63) is 59.2 Å². The van der Waals surface area contributed by atoms with E-state index in [0.717, 1.165) is 5.56 Å². The summed E-state index contributed by atoms with van der Waals surface area (Å²) >= 11 is 0. The summed E-state index contributed by atoms with van der Waals surface area (Å²) in [6.07, 6.45) is 2.22. The lowest BCUT2D eigenvalue weighted by molar-refractivity contribution is -0.127. The lowest BCUT2D eigenvalue weighted by Gasteiger charge is -2.58. The van der Waals surface area contributed by atoms with Gasteiger partial charge in [0, 0.05) is 29.9 Å². The lowest BCUT2D eigenvalue weighted by Crippen LogP contribution is -2.61. The number of hydrogen-bond donors (Lipinski definition) is 0. The summed E-state index contributed by atoms with van der Waals surface area (Å²) in [4.78, 5) is 14.9. The van der Waals surface area contributed by atoms with Crippen molar-refractivity contribution in [2.75, 3.05) is 13.6 Å². The van der Waals surface area contributed by atoms with Crippen LogP contribution in [0.15, 0.2) is 42.5 Å². The lowest BCUT2D eigenvalue weighted by atomic mass is 9.52. The van der Waals surface area contributed by atoms with Gasteiger partial charge >= 0.3 is 15.6 Å². The summed E-state index contributed by atoms with van der Waals surface area (Å²) in [6.45, 7) is 0.664. The molecule has 0 unspecified atom stereocenters. The minimum absolute atomic E-state index is 0.00626. The van der Waals surface area contributed by atoms with Gasteiger partial charge in [0.25, 0.3) is 0 Å². The number of hydrogen-bond acceptors (Lipinski definition) is 6. The van der Waals surface area contributed by atoms with Gasteiger partial charge in [-0.2, -0.15) is 21.6 Å². The molecule has 2 bridgehead atoms. The average Bonchev–Trinajstić information content (AvgIpc) is 2.80. The predicted octanol–water partition coefficient (Wildman–Crippen LogP) is 4.36. The van der Waals surface area contributed by atoms with Crippen molar-refractivity contribution in [3.63, 3.8) is 0 Å². The summed E-state index contributed by atoms with van der Waals surface area (Å²) in [7, 11) is -3.94. The first-order valence-corrected chi connectivity index (χ1v) is 13.0. The molecule has 6 nitrogen and oxygen atoms in total. The van der Waals surface area contributed by atoms with Crippen molar-refractivity contribution in [2.45, 2.75) is 55.7 Å². The third kappa shape index (κ3) is 4.10. The molecular weight excluding hydrogens is 483 g/mol. The van der Waals surface area contributed by atoms with Crippen LogP contribution in [-0.4, -0.2) is 44.2 Å². The molecule has 35 heavy (non-hydrogen) atoms. The summed E-state index contributed by atoms with van der Waals surface area (Å²) in [6, 6.07) is 12.4. The van der Waals surface area contributed by atoms with Crippen LogP contribution < -0.4 is 8.92 Å². The molecule has 2 aromatic carbocycles. The Balaban J connectivity index is 1.67. The molecule has 2 fully saturated rings. The van der Waals surface area contributed by atoms with Gasteiger partial charge in [0.15, 0.2) is 11.5 Å². The van der Waals surface area contributed by atoms with Crippen LogP contribution >= 0.6 is 0 Å². The molecule has 2 aromatic rings. The van der Waals surface area contributed by atoms with E-state index >= 15 is 0 Å². The number of piperidine rings is 1. The SMILES string of the molecule is CN1CC[C@]23CC(=O)CC[C@H]2[C@H]1Cc1ccc(OCc2ccccc2)c(OS(=O)(=O)C(F)(F)F)c13. The van der Waals surface area contributed by atoms with Gasteiger partial charge in [-0.05, 0) is 56.0 Å². The van der Waals surface area contributed by atoms with Crippen molar-refractivity contribution < 1.29 is 35.3 Å². The second-order valence-corrected chi connectivity index (χ2v) is 11.2. The highest BCUT2D eigenvalue weighted by Crippen LogP contribution is 2.59. The molecule has 2 aliphatic carbocycles. The van der Waals surface area contributed by atoms with Gasteiger partial charge in [-0.15, -0.1) is 0 Å². The largest absolute Gasteiger partial charge is 0.534 e. The van der Waals surface area contributed by atoms with Gasteiger partial charge in [0.1, 0.15) is 12.4 Å². The van der Waals surface area contributed by atoms with Crippen molar-refractivity contribution in [3.8, 4) is 11.5 Å². The van der Waals surface area contributed by atoms with Gasteiger partial charge in [-0.3, -0.25) is 4.79 Å². The minimum atomic E-state index is -5.96. The summed E-state index contributed by atoms with van der Waals surface area (Å²) in [5.74, 6) is -0.480. The van der Waals surface area contributed by atoms with Gasteiger partial charge in [-0.1, -0.05) is 36.4 Å². The molecule has 1 saturated carbocycles. The van der Waals surface area contributed by atoms with Crippen LogP contribution in [0.2, 0.25) is 0 Å². The molecule has 0 N–H and O–H groups in total. The summed E-state index contributed by atoms with van der Waals surface area (Å²) in [5.41, 5.74) is -4.54. The highest BCUT2D eigenvalue weighted by molar-refractivity contribution is 7.88. The summed E-state index contributed by atoms with van der Waals surface area (Å²) < 4.78 is 75.4. The van der Waals surface area contributed by atoms with Gasteiger partial charge in [0.05, 0.1) is 0 Å². The van der Waals surface area contributed by atoms with Crippen LogP contribution in [0, 0.1) is 5.92 Å². The van der Waals surface area contributed by atoms with E-state index in [9.17, 15) is 26.4 Å². The Labute approximate surface area is 202 Å². The molecule has 1 aliphatic heterocycles. The molecule has 188 valence electrons. The maximum Gasteiger partial charge on any atom is 0.534 e. The monoisotopic (exact) mass is 509 g/mol. The second-order valence-electron chi connectivity index (χ2n) is 9.70. The van der Waals surface area contributed by atoms with Crippen LogP contribution in [0.4, 0.5) is 13.2 Å². The molecule has 0 aromatic heterocycles. The fourth-order valence-corrected chi connectivity index (χ4v) is 6.66. The van der Waals surface area contributed by atoms with Crippen LogP contribution in [-0.2, 0) is 33.4 Å². The molecule has 3 atom stereocenters. The fraction of sp³-hybridized carbons (Fsp3) is 0.480. The number of rotatable bonds is 5. The minimum Gasteiger partial charge on any atom is -0.485 e. The van der Waals surface area contributed by atoms with E-state index in [1.165, 1.54) is 6.07 Å². The molecule has 1 saturated heterocycles. The highest BCUT2D eigenvalue weighted by Gasteiger charge is 2.58. The second kappa shape index (κ2) is 8.51. The predicted molar refractivity (Wildman–Crippen MR) is 122 cm³/mol. The van der Waals surface area contributed by atoms with E-state index in [-0.39, 0.29) is 36.5 Å². The van der Waals surface area contributed by atoms with E-state index in [1.54, 1.807) is 30.3 Å². The van der Waals surface area contributed by atoms with Gasteiger partial charge in [0.2, 0.25) is 0 Å². The zero-order valence-electron chi connectivity index (χ0n) is 19.2. The van der Waals surface area contributed by atoms with E-state index in [1.807, 2.05) is 13.1 Å². The smallest absolute Gasteiger partial charge is 0.485 e. The molecule has 0 radical (unpaired) electrons. The van der Waals surface area contributed by atoms with Crippen molar-refractivity contribution in [1.82, 2.24) is 4.90 Å². The average molecular weight is 510 g/mol. The topological polar surface area (TPSA) is 72.9 Å². The quantitative estimate of drug-likeness (QED) is 0.441. The number of carbonyl (C=O) groups is 1. The Morgan fingerprint density at radius 1 is 1.14 bits per heavy atom. The van der Waals surface area contributed by atoms with E-state index in [2.05, 4.69) is 4.90 Å². The number of nitrogens with zero attached hydrogens (tertiary/aromatic N) is 1. The first-order chi connectivity index (χ1) is 16.5. The number of Topliss-reactive ketones (excluding diaryl/α,β-unsaturated/α-hetero) is 1. The molecule has 0 amide bonds. The summed E-state index contributed by atoms with van der Waals surface area (Å²) in [5, 5.41) is 0. The number of fused-ring (bicyclic) bond motifs is 1. The Kier molecular flexibility index (Phi) is 5.87. The van der Waals surface area contributed by atoms with Crippen LogP contribution in [0.5, 0.6) is 11.5 Å². The Hall–Kier alpha value is -2.59. The van der Waals surface area contributed by atoms with Gasteiger partial charge < -0.3 is 13.8 Å². The first-order valence-electron chi connectivity index (χ1n) is 11.6. The molecule has 1 heterocycles. The van der Waals surface area contributed by atoms with Crippen molar-refractivity contribution in [2.24, 2.45) is 5.92 Å². The van der Waals surface area contributed by atoms with Crippen LogP contribution in [0.1, 0.15) is 42.4 Å². The maximum atomic E-state index is 13.4. The fourth-order valence-electron chi connectivity index (χ4n) is 6.18. The number of likely N-dealkylation sites (tertiary alicyclic amines) is 1. The van der Waals surface area contributed by atoms with E-state index < -0.39 is 26.8 Å². The normalized spacial score (nSPS) is 26.6. The molecule has 3 aliphatic rings. The molecule has 0 spiro atoms. The number of likely N-dealkylation sites (N-methyl/N-ethyl adjacent to an activating group) is 1. The van der Waals surface area contributed by atoms with E-state index in [4.69, 9.17) is 8.92 Å². The Morgan fingerprint density at radius 2 is 1.89 bits per heavy atom. The van der Waals surface area contributed by atoms with Gasteiger partial charge in [-0.25, -0.2) is 0 Å². The van der Waals surface area contributed by atoms with Crippen molar-refractivity contribution >= 4 is 15.9 Å². The zero-order valence-corrected chi connectivity index (χ0v) is 20.0. The van der Waals surface area contributed by atoms with Crippen molar-refractivity contribution in [1.29, 1.82) is 0 Å². The standard InChI is InChI=1S/C25H26F3NO5S/c1-29-12-11-24-14-18(30)8-9-19(24)20(29)13-17-7-10-21(33-15-16-5-3-2-4-6-16)23(22(17)24)34-35(31,32)25(26,27)28/h2-7,10,19-20H,8-9,11-15H2,1H3/t19-,20+,24-/m0/s1. The number of ketones is 1. The number of halogens is 3. The first kappa shape index (κ1) is 24.1. The Morgan fingerprint density at radius 3 is 2.60 bits per heavy atom. The van der Waals surface area contributed by atoms with Crippen LogP contribution in [0.3, 0.4) is 0 Å². The molecule has 5 rings (SSSR count). The highest BCUT2D eigenvalue weighted by atomic mass is 32.2. The third-order valence-electron chi connectivity index (χ3n) is 7.75. The Bertz CT molecular complexity index is 1250. The number of benzene rings is 2. The maximum absolute atomic E-state index is 13.4. The third-order valence-corrected chi connectivity index (χ3v) is 8.70. The zero-order chi connectivity index (χ0) is 25.0. The number of ether oxygens (including phenoxy) is 1. The number of carbonyl (C=O) groups excluding carboxylic acids is 1. The molecular formula is C25H26F3NO5S.